The lowest BCUT2D eigenvalue weighted by molar-refractivity contribution is -0.141. The number of carbonyl (C=O) groups is 1. The van der Waals surface area contributed by atoms with Crippen LogP contribution < -0.4 is 4.90 Å². The molecule has 3 aromatic heterocycles. The summed E-state index contributed by atoms with van der Waals surface area (Å²) in [6.07, 6.45) is -1.84. The van der Waals surface area contributed by atoms with E-state index >= 15 is 0 Å². The van der Waals surface area contributed by atoms with Gasteiger partial charge in [-0.05, 0) is 55.3 Å². The summed E-state index contributed by atoms with van der Waals surface area (Å²) in [7, 11) is 0.353. The van der Waals surface area contributed by atoms with Crippen LogP contribution >= 0.6 is 7.82 Å². The van der Waals surface area contributed by atoms with E-state index in [-0.39, 0.29) is 30.3 Å². The van der Waals surface area contributed by atoms with Crippen LogP contribution in [0.2, 0.25) is 0 Å². The molecule has 0 aliphatic carbocycles. The molecule has 0 unspecified atom stereocenters. The van der Waals surface area contributed by atoms with E-state index in [0.29, 0.717) is 28.2 Å². The van der Waals surface area contributed by atoms with E-state index in [1.165, 1.54) is 43.1 Å². The number of carbonyl (C=O) groups excluding carboxylic acids is 1. The Bertz CT molecular complexity index is 1600. The summed E-state index contributed by atoms with van der Waals surface area (Å²) in [5.74, 6) is -0.0394. The second-order valence-corrected chi connectivity index (χ2v) is 10.6. The Labute approximate surface area is 227 Å². The van der Waals surface area contributed by atoms with E-state index in [9.17, 15) is 22.5 Å². The van der Waals surface area contributed by atoms with Gasteiger partial charge in [0.1, 0.15) is 16.9 Å². The molecule has 15 heteroatoms. The van der Waals surface area contributed by atoms with Crippen LogP contribution in [0, 0.1) is 13.8 Å². The number of amides is 1. The molecule has 0 radical (unpaired) electrons. The lowest BCUT2D eigenvalue weighted by Gasteiger charge is -2.21. The van der Waals surface area contributed by atoms with Gasteiger partial charge in [-0.1, -0.05) is 0 Å². The molecule has 0 saturated carbocycles. The quantitative estimate of drug-likeness (QED) is 0.246. The van der Waals surface area contributed by atoms with Crippen molar-refractivity contribution in [1.29, 1.82) is 0 Å². The number of phosphoric ester groups is 1. The van der Waals surface area contributed by atoms with Gasteiger partial charge in [-0.2, -0.15) is 18.3 Å². The van der Waals surface area contributed by atoms with Gasteiger partial charge in [0.05, 0.1) is 24.9 Å². The second kappa shape index (κ2) is 11.4. The molecular weight excluding hydrogens is 552 g/mol. The maximum atomic E-state index is 13.3. The molecule has 4 rings (SSSR count). The zero-order valence-corrected chi connectivity index (χ0v) is 23.2. The van der Waals surface area contributed by atoms with Crippen LogP contribution in [0.3, 0.4) is 0 Å². The van der Waals surface area contributed by atoms with E-state index in [1.54, 1.807) is 31.3 Å². The molecular formula is C25H26F3N6O5P. The smallest absolute Gasteiger partial charge is 0.310 e. The first-order valence-electron chi connectivity index (χ1n) is 11.9. The molecule has 4 aromatic rings. The number of nitrogens with zero attached hydrogens (tertiary/aromatic N) is 6. The summed E-state index contributed by atoms with van der Waals surface area (Å²) >= 11 is 0. The Morgan fingerprint density at radius 2 is 1.80 bits per heavy atom. The Kier molecular flexibility index (Phi) is 8.36. The zero-order chi connectivity index (χ0) is 29.2. The van der Waals surface area contributed by atoms with Crippen LogP contribution in [0.5, 0.6) is 0 Å². The summed E-state index contributed by atoms with van der Waals surface area (Å²) < 4.78 is 67.5. The lowest BCUT2D eigenvalue weighted by Crippen LogP contribution is -2.29. The van der Waals surface area contributed by atoms with Crippen molar-refractivity contribution in [2.45, 2.75) is 26.6 Å². The van der Waals surface area contributed by atoms with Crippen LogP contribution in [-0.2, 0) is 30.9 Å². The van der Waals surface area contributed by atoms with Crippen LogP contribution in [-0.4, -0.2) is 58.5 Å². The third-order valence-electron chi connectivity index (χ3n) is 6.08. The standard InChI is InChI=1S/C25H26F3N6O5P/c1-15-12-17(23-29-14-18-22(32-23)16(2)13-21(31-18)25(26,27)28)6-7-19(15)33(3)24(35)20-8-9-30-34(20)10-11-39-40(36,37-4)38-5/h6-9,12-14H,10-11H2,1-5H3. The minimum absolute atomic E-state index is 0.0454. The molecule has 0 N–H and O–H groups in total. The third-order valence-corrected chi connectivity index (χ3v) is 7.48. The molecule has 0 fully saturated rings. The van der Waals surface area contributed by atoms with Crippen molar-refractivity contribution in [3.8, 4) is 11.4 Å². The number of halogens is 3. The number of rotatable bonds is 9. The van der Waals surface area contributed by atoms with Gasteiger partial charge in [0.2, 0.25) is 0 Å². The molecule has 0 bridgehead atoms. The molecule has 3 heterocycles. The summed E-state index contributed by atoms with van der Waals surface area (Å²) in [6.45, 7) is 3.39. The lowest BCUT2D eigenvalue weighted by atomic mass is 10.1. The number of hydrogen-bond donors (Lipinski definition) is 0. The van der Waals surface area contributed by atoms with Gasteiger partial charge in [0, 0.05) is 38.7 Å². The molecule has 212 valence electrons. The number of anilines is 1. The predicted octanol–water partition coefficient (Wildman–Crippen LogP) is 5.22. The fourth-order valence-corrected chi connectivity index (χ4v) is 4.70. The predicted molar refractivity (Wildman–Crippen MR) is 140 cm³/mol. The van der Waals surface area contributed by atoms with Crippen LogP contribution in [0.1, 0.15) is 27.3 Å². The molecule has 11 nitrogen and oxygen atoms in total. The minimum atomic E-state index is -4.57. The van der Waals surface area contributed by atoms with Crippen molar-refractivity contribution in [2.75, 3.05) is 32.8 Å². The van der Waals surface area contributed by atoms with Crippen LogP contribution in [0.15, 0.2) is 42.7 Å². The first-order valence-corrected chi connectivity index (χ1v) is 13.3. The molecule has 0 atom stereocenters. The number of aryl methyl sites for hydroxylation is 2. The number of pyridine rings is 1. The van der Waals surface area contributed by atoms with Crippen molar-refractivity contribution >= 4 is 30.5 Å². The maximum absolute atomic E-state index is 13.3. The van der Waals surface area contributed by atoms with Crippen molar-refractivity contribution in [1.82, 2.24) is 24.7 Å². The van der Waals surface area contributed by atoms with E-state index < -0.39 is 19.7 Å². The van der Waals surface area contributed by atoms with Crippen molar-refractivity contribution in [3.05, 3.63) is 65.2 Å². The van der Waals surface area contributed by atoms with Crippen LogP contribution in [0.25, 0.3) is 22.4 Å². The number of benzene rings is 1. The second-order valence-electron chi connectivity index (χ2n) is 8.70. The first-order chi connectivity index (χ1) is 18.9. The topological polar surface area (TPSA) is 122 Å². The molecule has 1 amide bonds. The molecule has 40 heavy (non-hydrogen) atoms. The number of phosphoric acid groups is 1. The van der Waals surface area contributed by atoms with Gasteiger partial charge >= 0.3 is 14.0 Å². The molecule has 0 spiro atoms. The van der Waals surface area contributed by atoms with Crippen LogP contribution in [0.4, 0.5) is 18.9 Å². The van der Waals surface area contributed by atoms with Gasteiger partial charge in [0.25, 0.3) is 5.91 Å². The fraction of sp³-hybridized carbons (Fsp3) is 0.320. The van der Waals surface area contributed by atoms with Crippen molar-refractivity contribution in [3.63, 3.8) is 0 Å². The fourth-order valence-electron chi connectivity index (χ4n) is 4.03. The highest BCUT2D eigenvalue weighted by Crippen LogP contribution is 2.47. The minimum Gasteiger partial charge on any atom is -0.310 e. The molecule has 0 aliphatic rings. The van der Waals surface area contributed by atoms with Gasteiger partial charge in [-0.3, -0.25) is 23.0 Å². The van der Waals surface area contributed by atoms with E-state index in [4.69, 9.17) is 13.6 Å². The average Bonchev–Trinajstić information content (AvgIpc) is 3.39. The Balaban J connectivity index is 1.54. The summed E-state index contributed by atoms with van der Waals surface area (Å²) in [5, 5.41) is 4.15. The number of aromatic nitrogens is 5. The third kappa shape index (κ3) is 6.04. The zero-order valence-electron chi connectivity index (χ0n) is 22.3. The van der Waals surface area contributed by atoms with Gasteiger partial charge in [0.15, 0.2) is 5.82 Å². The van der Waals surface area contributed by atoms with Crippen molar-refractivity contribution in [2.24, 2.45) is 0 Å². The highest BCUT2D eigenvalue weighted by molar-refractivity contribution is 7.48. The SMILES string of the molecule is COP(=O)(OC)OCCn1nccc1C(=O)N(C)c1ccc(-c2ncc3nc(C(F)(F)F)cc(C)c3n2)cc1C. The summed E-state index contributed by atoms with van der Waals surface area (Å²) in [4.78, 5) is 27.1. The highest BCUT2D eigenvalue weighted by atomic mass is 31.2. The maximum Gasteiger partial charge on any atom is 0.474 e. The summed E-state index contributed by atoms with van der Waals surface area (Å²) in [6, 6.07) is 7.74. The monoisotopic (exact) mass is 578 g/mol. The van der Waals surface area contributed by atoms with Gasteiger partial charge < -0.3 is 4.90 Å². The number of alkyl halides is 3. The Morgan fingerprint density at radius 3 is 2.45 bits per heavy atom. The largest absolute Gasteiger partial charge is 0.474 e. The van der Waals surface area contributed by atoms with E-state index in [2.05, 4.69) is 20.1 Å². The Morgan fingerprint density at radius 1 is 1.07 bits per heavy atom. The molecule has 0 aliphatic heterocycles. The Hall–Kier alpha value is -3.71. The number of fused-ring (bicyclic) bond motifs is 1. The molecule has 0 saturated heterocycles. The van der Waals surface area contributed by atoms with E-state index in [0.717, 1.165) is 11.6 Å². The van der Waals surface area contributed by atoms with Crippen molar-refractivity contribution < 1.29 is 36.1 Å². The summed E-state index contributed by atoms with van der Waals surface area (Å²) in [5.41, 5.74) is 1.92. The number of hydrogen-bond acceptors (Lipinski definition) is 9. The normalized spacial score (nSPS) is 12.2. The molecule has 1 aromatic carbocycles. The van der Waals surface area contributed by atoms with Gasteiger partial charge in [-0.15, -0.1) is 0 Å². The highest BCUT2D eigenvalue weighted by Gasteiger charge is 2.33. The average molecular weight is 578 g/mol. The van der Waals surface area contributed by atoms with Gasteiger partial charge in [-0.25, -0.2) is 19.5 Å². The van der Waals surface area contributed by atoms with E-state index in [1.807, 2.05) is 6.92 Å². The first kappa shape index (κ1) is 29.3.